The van der Waals surface area contributed by atoms with Crippen molar-refractivity contribution in [3.05, 3.63) is 180 Å². The number of alkyl carbamates (subject to hydrolysis) is 1. The van der Waals surface area contributed by atoms with E-state index >= 15 is 0 Å². The first-order valence-electron chi connectivity index (χ1n) is 25.8. The van der Waals surface area contributed by atoms with Gasteiger partial charge in [-0.2, -0.15) is 36.3 Å². The van der Waals surface area contributed by atoms with Crippen LogP contribution in [-0.4, -0.2) is 92.4 Å². The van der Waals surface area contributed by atoms with Crippen LogP contribution in [0, 0.1) is 0 Å². The number of halogens is 6. The molecule has 8 rings (SSSR count). The summed E-state index contributed by atoms with van der Waals surface area (Å²) in [6.07, 6.45) is -15.0. The van der Waals surface area contributed by atoms with Gasteiger partial charge in [0.2, 0.25) is 35.9 Å². The number of anilines is 2. The molecule has 9 N–H and O–H groups in total. The fraction of sp³-hybridized carbons (Fsp3) is 0.230. The Hall–Kier alpha value is -9.97. The molecular formula is C61H58F6N8O10. The summed E-state index contributed by atoms with van der Waals surface area (Å²) >= 11 is 0. The Kier molecular flexibility index (Phi) is 19.9. The van der Waals surface area contributed by atoms with Crippen molar-refractivity contribution in [2.45, 2.75) is 75.9 Å². The molecule has 4 atom stereocenters. The molecule has 0 radical (unpaired) electrons. The molecule has 0 spiro atoms. The van der Waals surface area contributed by atoms with E-state index in [1.165, 1.54) is 50.6 Å². The minimum atomic E-state index is -4.78. The number of nitrogens with one attached hydrogen (secondary N) is 1. The van der Waals surface area contributed by atoms with Gasteiger partial charge in [-0.3, -0.25) is 4.79 Å². The van der Waals surface area contributed by atoms with E-state index in [4.69, 9.17) is 46.0 Å². The third kappa shape index (κ3) is 17.8. The lowest BCUT2D eigenvalue weighted by Crippen LogP contribution is -2.44. The van der Waals surface area contributed by atoms with Gasteiger partial charge >= 0.3 is 30.4 Å². The van der Waals surface area contributed by atoms with Crippen molar-refractivity contribution in [1.29, 1.82) is 0 Å². The molecule has 0 saturated carbocycles. The minimum Gasteiger partial charge on any atom is -0.497 e. The van der Waals surface area contributed by atoms with Crippen molar-refractivity contribution in [3.63, 3.8) is 0 Å². The van der Waals surface area contributed by atoms with E-state index in [9.17, 15) is 45.8 Å². The van der Waals surface area contributed by atoms with Crippen LogP contribution in [0.15, 0.2) is 158 Å². The van der Waals surface area contributed by atoms with Crippen LogP contribution in [0.25, 0.3) is 44.8 Å². The molecule has 0 saturated heterocycles. The summed E-state index contributed by atoms with van der Waals surface area (Å²) in [4.78, 5) is 50.7. The first-order chi connectivity index (χ1) is 40.1. The summed E-state index contributed by atoms with van der Waals surface area (Å²) < 4.78 is 111. The number of carboxylic acids is 2. The van der Waals surface area contributed by atoms with Crippen LogP contribution in [0.1, 0.15) is 55.2 Å². The second-order valence-corrected chi connectivity index (χ2v) is 20.0. The molecule has 2 heterocycles. The van der Waals surface area contributed by atoms with E-state index in [0.29, 0.717) is 44.9 Å². The van der Waals surface area contributed by atoms with Gasteiger partial charge in [0.05, 0.1) is 25.6 Å². The average Bonchev–Trinajstić information content (AvgIpc) is 3.66. The number of nitrogens with zero attached hydrogens (tertiary/aromatic N) is 4. The molecular weight excluding hydrogens is 1120 g/mol. The molecule has 0 aliphatic heterocycles. The van der Waals surface area contributed by atoms with Crippen LogP contribution in [0.2, 0.25) is 0 Å². The zero-order valence-electron chi connectivity index (χ0n) is 46.2. The molecule has 0 unspecified atom stereocenters. The van der Waals surface area contributed by atoms with Crippen molar-refractivity contribution in [3.8, 4) is 68.0 Å². The highest BCUT2D eigenvalue weighted by Gasteiger charge is 2.45. The number of alkyl halides is 6. The zero-order valence-corrected chi connectivity index (χ0v) is 46.2. The van der Waals surface area contributed by atoms with Gasteiger partial charge in [-0.1, -0.05) is 121 Å². The summed E-state index contributed by atoms with van der Waals surface area (Å²) in [6.45, 7) is 4.96. The Labute approximate surface area is 483 Å². The number of carbonyl (C=O) groups excluding carboxylic acids is 1. The average molecular weight is 1180 g/mol. The Bertz CT molecular complexity index is 3590. The molecule has 85 heavy (non-hydrogen) atoms. The molecule has 0 fully saturated rings. The first-order valence-corrected chi connectivity index (χ1v) is 25.8. The van der Waals surface area contributed by atoms with Crippen molar-refractivity contribution in [2.24, 2.45) is 5.73 Å². The van der Waals surface area contributed by atoms with Gasteiger partial charge in [0.25, 0.3) is 0 Å². The fourth-order valence-corrected chi connectivity index (χ4v) is 8.35. The predicted molar refractivity (Wildman–Crippen MR) is 303 cm³/mol. The number of benzene rings is 6. The summed E-state index contributed by atoms with van der Waals surface area (Å²) in [5.41, 5.74) is 21.7. The number of carbonyl (C=O) groups is 3. The Morgan fingerprint density at radius 1 is 0.518 bits per heavy atom. The molecule has 8 aromatic rings. The molecule has 2 aromatic heterocycles. The van der Waals surface area contributed by atoms with Crippen LogP contribution < -0.4 is 41.5 Å². The largest absolute Gasteiger partial charge is 0.497 e. The third-order valence-electron chi connectivity index (χ3n) is 12.4. The first kappa shape index (κ1) is 62.6. The third-order valence-corrected chi connectivity index (χ3v) is 12.4. The van der Waals surface area contributed by atoms with E-state index in [-0.39, 0.29) is 53.1 Å². The SMILES string of the molecule is COc1cccc(-c2ccc([C@@H](Oc3cc(-c4ccc(C[C@H](N)C(=O)O)cc4)nc(N)n3)C(F)(F)F)cc2)c1.COc1cccc(-c2ccc([C@@H](Oc3cc(-c4ccc(C[C@H](NC(=O)OC(C)(C)C)C(=O)O)cc4)nc(N)n3)C(F)(F)F)cc2)c1. The molecule has 444 valence electrons. The highest BCUT2D eigenvalue weighted by Crippen LogP contribution is 2.40. The molecule has 0 bridgehead atoms. The number of aliphatic carboxylic acids is 2. The zero-order chi connectivity index (χ0) is 61.8. The lowest BCUT2D eigenvalue weighted by molar-refractivity contribution is -0.199. The number of nitrogens with two attached hydrogens (primary N) is 3. The number of aromatic nitrogens is 4. The van der Waals surface area contributed by atoms with E-state index in [1.54, 1.807) is 130 Å². The summed E-state index contributed by atoms with van der Waals surface area (Å²) in [5, 5.41) is 20.9. The standard InChI is InChI=1S/C33H33F3N4O6.C28H25F3N4O4/c1-32(2,3)46-31(43)39-26(29(41)42)16-19-8-10-21(11-9-19)25-18-27(40-30(37)38-25)45-28(33(34,35)36)22-14-12-20(13-15-22)23-6-5-7-24(17-23)44-4;1-38-21-4-2-3-20(14-21)17-9-11-19(12-10-17)25(28(29,30)31)39-24-15-23(34-27(33)35-24)18-7-5-16(6-8-18)13-22(32)26(36)37/h5-15,17-18,26,28H,16H2,1-4H3,(H,39,43)(H,41,42)(H2,37,38,40);2-12,14-15,22,25H,13,32H2,1H3,(H,36,37)(H2,33,34,35)/t26-,28+;22-,25+/m00/s1. The highest BCUT2D eigenvalue weighted by molar-refractivity contribution is 5.80. The van der Waals surface area contributed by atoms with Gasteiger partial charge in [-0.25, -0.2) is 19.6 Å². The molecule has 18 nitrogen and oxygen atoms in total. The molecule has 24 heteroatoms. The van der Waals surface area contributed by atoms with E-state index in [2.05, 4.69) is 25.3 Å². The van der Waals surface area contributed by atoms with Gasteiger partial charge in [0.1, 0.15) is 29.2 Å². The number of rotatable bonds is 19. The van der Waals surface area contributed by atoms with Crippen LogP contribution in [-0.2, 0) is 27.2 Å². The van der Waals surface area contributed by atoms with Crippen molar-refractivity contribution < 1.29 is 74.6 Å². The summed E-state index contributed by atoms with van der Waals surface area (Å²) in [6, 6.07) is 39.1. The quantitative estimate of drug-likeness (QED) is 0.0410. The smallest absolute Gasteiger partial charge is 0.429 e. The molecule has 0 aliphatic rings. The molecule has 0 aliphatic carbocycles. The second kappa shape index (κ2) is 27.0. The topological polar surface area (TPSA) is 279 Å². The van der Waals surface area contributed by atoms with Gasteiger partial charge < -0.3 is 56.4 Å². The maximum atomic E-state index is 14.2. The van der Waals surface area contributed by atoms with E-state index < -0.39 is 66.2 Å². The second-order valence-electron chi connectivity index (χ2n) is 20.0. The van der Waals surface area contributed by atoms with E-state index in [0.717, 1.165) is 11.1 Å². The van der Waals surface area contributed by atoms with Gasteiger partial charge in [0.15, 0.2) is 0 Å². The summed E-state index contributed by atoms with van der Waals surface area (Å²) in [7, 11) is 3.06. The normalized spacial score (nSPS) is 12.9. The van der Waals surface area contributed by atoms with Crippen molar-refractivity contribution in [1.82, 2.24) is 25.3 Å². The maximum Gasteiger partial charge on any atom is 0.429 e. The number of methoxy groups -OCH3 is 2. The Morgan fingerprint density at radius 2 is 0.906 bits per heavy atom. The van der Waals surface area contributed by atoms with Crippen LogP contribution in [0.3, 0.4) is 0 Å². The predicted octanol–water partition coefficient (Wildman–Crippen LogP) is 11.6. The van der Waals surface area contributed by atoms with E-state index in [1.807, 2.05) is 12.1 Å². The monoisotopic (exact) mass is 1180 g/mol. The van der Waals surface area contributed by atoms with Gasteiger partial charge in [-0.15, -0.1) is 0 Å². The molecule has 1 amide bonds. The van der Waals surface area contributed by atoms with Gasteiger partial charge in [-0.05, 0) is 84.8 Å². The Balaban J connectivity index is 0.000000247. The minimum absolute atomic E-state index is 0.0565. The Morgan fingerprint density at radius 3 is 1.26 bits per heavy atom. The van der Waals surface area contributed by atoms with Gasteiger partial charge in [0, 0.05) is 40.8 Å². The highest BCUT2D eigenvalue weighted by atomic mass is 19.4. The van der Waals surface area contributed by atoms with Crippen LogP contribution in [0.5, 0.6) is 23.3 Å². The fourth-order valence-electron chi connectivity index (χ4n) is 8.35. The number of carboxylic acid groups (broad SMARTS) is 2. The maximum absolute atomic E-state index is 14.2. The van der Waals surface area contributed by atoms with Crippen LogP contribution >= 0.6 is 0 Å². The van der Waals surface area contributed by atoms with Crippen LogP contribution in [0.4, 0.5) is 43.0 Å². The molecule has 6 aromatic carbocycles. The van der Waals surface area contributed by atoms with Crippen molar-refractivity contribution in [2.75, 3.05) is 25.7 Å². The van der Waals surface area contributed by atoms with Crippen molar-refractivity contribution >= 4 is 29.9 Å². The lowest BCUT2D eigenvalue weighted by atomic mass is 10.0. The number of ether oxygens (including phenoxy) is 5. The number of amides is 1. The lowest BCUT2D eigenvalue weighted by Gasteiger charge is -2.22. The number of hydrogen-bond acceptors (Lipinski definition) is 15. The summed E-state index contributed by atoms with van der Waals surface area (Å²) in [5.74, 6) is -2.46. The number of hydrogen-bond donors (Lipinski definition) is 6. The number of nitrogen functional groups attached to an aromatic ring is 2.